The van der Waals surface area contributed by atoms with E-state index >= 15 is 0 Å². The van der Waals surface area contributed by atoms with Gasteiger partial charge in [0, 0.05) is 20.1 Å². The van der Waals surface area contributed by atoms with E-state index in [9.17, 15) is 9.59 Å². The maximum Gasteiger partial charge on any atom is 0.329 e. The third-order valence-corrected chi connectivity index (χ3v) is 3.27. The summed E-state index contributed by atoms with van der Waals surface area (Å²) in [5.41, 5.74) is 0. The standard InChI is InChI=1S/C12H22N2O4/c1-9(16)13-11(12(17)18-2)7-14-5-3-10(8-15)4-6-14/h10-11,15H,3-8H2,1-2H3,(H,13,16). The Hall–Kier alpha value is -1.14. The smallest absolute Gasteiger partial charge is 0.329 e. The van der Waals surface area contributed by atoms with Crippen LogP contribution in [0.1, 0.15) is 19.8 Å². The fraction of sp³-hybridized carbons (Fsp3) is 0.833. The summed E-state index contributed by atoms with van der Waals surface area (Å²) in [6.07, 6.45) is 1.84. The second-order valence-corrected chi connectivity index (χ2v) is 4.70. The lowest BCUT2D eigenvalue weighted by atomic mass is 9.97. The molecule has 1 heterocycles. The van der Waals surface area contributed by atoms with E-state index in [2.05, 4.69) is 15.0 Å². The lowest BCUT2D eigenvalue weighted by molar-refractivity contribution is -0.145. The van der Waals surface area contributed by atoms with E-state index in [1.807, 2.05) is 0 Å². The van der Waals surface area contributed by atoms with Gasteiger partial charge in [-0.2, -0.15) is 0 Å². The second-order valence-electron chi connectivity index (χ2n) is 4.70. The number of rotatable bonds is 5. The predicted molar refractivity (Wildman–Crippen MR) is 65.9 cm³/mol. The van der Waals surface area contributed by atoms with Crippen LogP contribution in [0.5, 0.6) is 0 Å². The molecule has 0 aromatic heterocycles. The molecule has 0 aromatic rings. The van der Waals surface area contributed by atoms with Gasteiger partial charge < -0.3 is 20.1 Å². The van der Waals surface area contributed by atoms with Crippen LogP contribution in [0, 0.1) is 5.92 Å². The highest BCUT2D eigenvalue weighted by molar-refractivity contribution is 5.83. The molecule has 0 aliphatic carbocycles. The monoisotopic (exact) mass is 258 g/mol. The van der Waals surface area contributed by atoms with Crippen LogP contribution in [0.3, 0.4) is 0 Å². The third-order valence-electron chi connectivity index (χ3n) is 3.27. The SMILES string of the molecule is COC(=O)C(CN1CCC(CO)CC1)NC(C)=O. The molecule has 1 fully saturated rings. The Morgan fingerprint density at radius 2 is 2.06 bits per heavy atom. The van der Waals surface area contributed by atoms with Crippen LogP contribution >= 0.6 is 0 Å². The lowest BCUT2D eigenvalue weighted by Crippen LogP contribution is -2.50. The Kier molecular flexibility index (Phi) is 6.07. The van der Waals surface area contributed by atoms with Crippen LogP contribution < -0.4 is 5.32 Å². The summed E-state index contributed by atoms with van der Waals surface area (Å²) < 4.78 is 4.68. The van der Waals surface area contributed by atoms with Crippen molar-refractivity contribution in [1.82, 2.24) is 10.2 Å². The predicted octanol–water partition coefficient (Wildman–Crippen LogP) is -0.632. The first kappa shape index (κ1) is 14.9. The van der Waals surface area contributed by atoms with Crippen LogP contribution in [-0.2, 0) is 14.3 Å². The van der Waals surface area contributed by atoms with E-state index in [1.165, 1.54) is 14.0 Å². The van der Waals surface area contributed by atoms with Crippen molar-refractivity contribution >= 4 is 11.9 Å². The topological polar surface area (TPSA) is 78.9 Å². The molecule has 1 atom stereocenters. The average molecular weight is 258 g/mol. The minimum absolute atomic E-state index is 0.222. The van der Waals surface area contributed by atoms with Crippen molar-refractivity contribution in [3.63, 3.8) is 0 Å². The molecule has 0 radical (unpaired) electrons. The molecule has 18 heavy (non-hydrogen) atoms. The summed E-state index contributed by atoms with van der Waals surface area (Å²) in [7, 11) is 1.31. The van der Waals surface area contributed by atoms with Gasteiger partial charge in [0.25, 0.3) is 0 Å². The number of hydrogen-bond donors (Lipinski definition) is 2. The molecule has 104 valence electrons. The largest absolute Gasteiger partial charge is 0.467 e. The highest BCUT2D eigenvalue weighted by Crippen LogP contribution is 2.16. The molecule has 1 saturated heterocycles. The van der Waals surface area contributed by atoms with Crippen molar-refractivity contribution in [2.45, 2.75) is 25.8 Å². The van der Waals surface area contributed by atoms with Crippen LogP contribution in [0.4, 0.5) is 0 Å². The minimum Gasteiger partial charge on any atom is -0.467 e. The molecule has 6 heteroatoms. The average Bonchev–Trinajstić information content (AvgIpc) is 2.37. The normalized spacial score (nSPS) is 19.3. The van der Waals surface area contributed by atoms with Crippen LogP contribution in [0.2, 0.25) is 0 Å². The molecule has 1 amide bonds. The van der Waals surface area contributed by atoms with E-state index in [1.54, 1.807) is 0 Å². The zero-order valence-corrected chi connectivity index (χ0v) is 11.0. The quantitative estimate of drug-likeness (QED) is 0.642. The maximum absolute atomic E-state index is 11.5. The molecule has 1 aliphatic rings. The van der Waals surface area contributed by atoms with E-state index in [4.69, 9.17) is 5.11 Å². The zero-order valence-electron chi connectivity index (χ0n) is 11.0. The summed E-state index contributed by atoms with van der Waals surface area (Å²) in [4.78, 5) is 24.7. The number of carbonyl (C=O) groups excluding carboxylic acids is 2. The van der Waals surface area contributed by atoms with Gasteiger partial charge in [-0.3, -0.25) is 4.79 Å². The number of amides is 1. The van der Waals surface area contributed by atoms with Crippen LogP contribution in [0.25, 0.3) is 0 Å². The number of piperidine rings is 1. The van der Waals surface area contributed by atoms with Gasteiger partial charge in [0.15, 0.2) is 0 Å². The molecule has 0 saturated carbocycles. The zero-order chi connectivity index (χ0) is 13.5. The molecule has 0 bridgehead atoms. The molecule has 1 aliphatic heterocycles. The number of nitrogens with one attached hydrogen (secondary N) is 1. The third kappa shape index (κ3) is 4.62. The lowest BCUT2D eigenvalue weighted by Gasteiger charge is -2.32. The van der Waals surface area contributed by atoms with Gasteiger partial charge in [0.05, 0.1) is 7.11 Å². The van der Waals surface area contributed by atoms with Crippen LogP contribution in [0.15, 0.2) is 0 Å². The Morgan fingerprint density at radius 1 is 1.44 bits per heavy atom. The minimum atomic E-state index is -0.613. The number of esters is 1. The number of aliphatic hydroxyl groups is 1. The van der Waals surface area contributed by atoms with Crippen LogP contribution in [-0.4, -0.2) is 61.3 Å². The first-order valence-corrected chi connectivity index (χ1v) is 6.25. The number of nitrogens with zero attached hydrogens (tertiary/aromatic N) is 1. The Labute approximate surface area is 107 Å². The molecule has 0 spiro atoms. The fourth-order valence-electron chi connectivity index (χ4n) is 2.18. The number of aliphatic hydroxyl groups excluding tert-OH is 1. The molecular weight excluding hydrogens is 236 g/mol. The van der Waals surface area contributed by atoms with Crippen molar-refractivity contribution in [2.24, 2.45) is 5.92 Å². The summed E-state index contributed by atoms with van der Waals surface area (Å²) in [5, 5.41) is 11.7. The van der Waals surface area contributed by atoms with Crippen molar-refractivity contribution < 1.29 is 19.4 Å². The summed E-state index contributed by atoms with van der Waals surface area (Å²) in [5.74, 6) is -0.302. The number of hydrogen-bond acceptors (Lipinski definition) is 5. The van der Waals surface area contributed by atoms with Gasteiger partial charge in [-0.1, -0.05) is 0 Å². The van der Waals surface area contributed by atoms with E-state index < -0.39 is 12.0 Å². The molecule has 0 aromatic carbocycles. The van der Waals surface area contributed by atoms with Gasteiger partial charge in [-0.25, -0.2) is 4.79 Å². The first-order chi connectivity index (χ1) is 8.56. The maximum atomic E-state index is 11.5. The van der Waals surface area contributed by atoms with Crippen molar-refractivity contribution in [1.29, 1.82) is 0 Å². The van der Waals surface area contributed by atoms with Gasteiger partial charge in [-0.15, -0.1) is 0 Å². The summed E-state index contributed by atoms with van der Waals surface area (Å²) in [6.45, 7) is 3.73. The van der Waals surface area contributed by atoms with E-state index in [-0.39, 0.29) is 12.5 Å². The molecule has 6 nitrogen and oxygen atoms in total. The van der Waals surface area contributed by atoms with Crippen molar-refractivity contribution in [2.75, 3.05) is 33.4 Å². The number of likely N-dealkylation sites (tertiary alicyclic amines) is 1. The molecular formula is C12H22N2O4. The van der Waals surface area contributed by atoms with Gasteiger partial charge in [-0.05, 0) is 31.8 Å². The highest BCUT2D eigenvalue weighted by atomic mass is 16.5. The fourth-order valence-corrected chi connectivity index (χ4v) is 2.18. The molecule has 1 unspecified atom stereocenters. The molecule has 2 N–H and O–H groups in total. The Bertz CT molecular complexity index is 288. The number of carbonyl (C=O) groups is 2. The van der Waals surface area contributed by atoms with Crippen molar-refractivity contribution in [3.05, 3.63) is 0 Å². The number of methoxy groups -OCH3 is 1. The van der Waals surface area contributed by atoms with E-state index in [0.29, 0.717) is 12.5 Å². The van der Waals surface area contributed by atoms with Gasteiger partial charge in [0.1, 0.15) is 6.04 Å². The second kappa shape index (κ2) is 7.33. The highest BCUT2D eigenvalue weighted by Gasteiger charge is 2.26. The number of ether oxygens (including phenoxy) is 1. The summed E-state index contributed by atoms with van der Waals surface area (Å²) >= 11 is 0. The van der Waals surface area contributed by atoms with E-state index in [0.717, 1.165) is 25.9 Å². The Morgan fingerprint density at radius 3 is 2.50 bits per heavy atom. The van der Waals surface area contributed by atoms with Gasteiger partial charge >= 0.3 is 5.97 Å². The van der Waals surface area contributed by atoms with Gasteiger partial charge in [0.2, 0.25) is 5.91 Å². The Balaban J connectivity index is 2.46. The first-order valence-electron chi connectivity index (χ1n) is 6.25. The van der Waals surface area contributed by atoms with Crippen molar-refractivity contribution in [3.8, 4) is 0 Å². The molecule has 1 rings (SSSR count). The summed E-state index contributed by atoms with van der Waals surface area (Å²) in [6, 6.07) is -0.613.